The number of carbonyl (C=O) groups excluding carboxylic acids is 1. The summed E-state index contributed by atoms with van der Waals surface area (Å²) in [5.74, 6) is 0.0714. The predicted molar refractivity (Wildman–Crippen MR) is 89.8 cm³/mol. The third-order valence-corrected chi connectivity index (χ3v) is 4.25. The Morgan fingerprint density at radius 3 is 2.67 bits per heavy atom. The first kappa shape index (κ1) is 14.8. The van der Waals surface area contributed by atoms with Crippen molar-refractivity contribution in [1.29, 1.82) is 0 Å². The molecular weight excluding hydrogens is 304 g/mol. The van der Waals surface area contributed by atoms with Gasteiger partial charge in [-0.05, 0) is 29.8 Å². The predicted octanol–water partition coefficient (Wildman–Crippen LogP) is 1.95. The van der Waals surface area contributed by atoms with Crippen LogP contribution in [-0.4, -0.2) is 51.6 Å². The molecule has 0 unspecified atom stereocenters. The van der Waals surface area contributed by atoms with Crippen LogP contribution >= 0.6 is 0 Å². The van der Waals surface area contributed by atoms with E-state index in [4.69, 9.17) is 4.74 Å². The average Bonchev–Trinajstić information content (AvgIpc) is 3.06. The minimum absolute atomic E-state index is 0.0714. The van der Waals surface area contributed by atoms with Crippen LogP contribution in [0.1, 0.15) is 15.9 Å². The number of morpholine rings is 1. The van der Waals surface area contributed by atoms with E-state index < -0.39 is 0 Å². The number of aromatic nitrogens is 3. The third kappa shape index (κ3) is 2.88. The minimum Gasteiger partial charge on any atom is -0.378 e. The van der Waals surface area contributed by atoms with Gasteiger partial charge in [0.15, 0.2) is 5.65 Å². The molecule has 0 saturated carbocycles. The zero-order valence-corrected chi connectivity index (χ0v) is 13.3. The molecular formula is C18H18N4O2. The van der Waals surface area contributed by atoms with Crippen molar-refractivity contribution in [1.82, 2.24) is 19.4 Å². The quantitative estimate of drug-likeness (QED) is 0.739. The summed E-state index contributed by atoms with van der Waals surface area (Å²) in [5.41, 5.74) is 3.59. The molecule has 2 aromatic heterocycles. The van der Waals surface area contributed by atoms with Crippen LogP contribution < -0.4 is 0 Å². The Labute approximate surface area is 139 Å². The summed E-state index contributed by atoms with van der Waals surface area (Å²) in [6.07, 6.45) is 3.54. The van der Waals surface area contributed by atoms with Gasteiger partial charge < -0.3 is 14.2 Å². The number of fused-ring (bicyclic) bond motifs is 1. The van der Waals surface area contributed by atoms with Gasteiger partial charge in [-0.1, -0.05) is 12.1 Å². The molecule has 4 rings (SSSR count). The highest BCUT2D eigenvalue weighted by Gasteiger charge is 2.18. The first-order chi connectivity index (χ1) is 11.8. The monoisotopic (exact) mass is 322 g/mol. The van der Waals surface area contributed by atoms with E-state index in [-0.39, 0.29) is 5.91 Å². The second-order valence-electron chi connectivity index (χ2n) is 5.82. The Morgan fingerprint density at radius 1 is 1.08 bits per heavy atom. The van der Waals surface area contributed by atoms with E-state index in [0.29, 0.717) is 32.8 Å². The summed E-state index contributed by atoms with van der Waals surface area (Å²) in [4.78, 5) is 22.8. The number of pyridine rings is 1. The largest absolute Gasteiger partial charge is 0.378 e. The fourth-order valence-corrected chi connectivity index (χ4v) is 2.92. The lowest BCUT2D eigenvalue weighted by molar-refractivity contribution is 0.0303. The van der Waals surface area contributed by atoms with Crippen LogP contribution in [0.15, 0.2) is 48.9 Å². The lowest BCUT2D eigenvalue weighted by Crippen LogP contribution is -2.40. The van der Waals surface area contributed by atoms with Gasteiger partial charge in [0.2, 0.25) is 0 Å². The third-order valence-electron chi connectivity index (χ3n) is 4.25. The van der Waals surface area contributed by atoms with Gasteiger partial charge in [0.1, 0.15) is 0 Å². The number of hydrogen-bond donors (Lipinski definition) is 0. The normalized spacial score (nSPS) is 14.9. The van der Waals surface area contributed by atoms with Crippen LogP contribution in [0.5, 0.6) is 0 Å². The van der Waals surface area contributed by atoms with E-state index in [1.807, 2.05) is 41.3 Å². The molecule has 122 valence electrons. The zero-order chi connectivity index (χ0) is 16.4. The van der Waals surface area contributed by atoms with Crippen LogP contribution in [0.3, 0.4) is 0 Å². The van der Waals surface area contributed by atoms with Gasteiger partial charge in [-0.25, -0.2) is 9.97 Å². The summed E-state index contributed by atoms with van der Waals surface area (Å²) in [6, 6.07) is 11.7. The van der Waals surface area contributed by atoms with Crippen molar-refractivity contribution in [3.05, 3.63) is 60.0 Å². The topological polar surface area (TPSA) is 60.2 Å². The molecule has 0 N–H and O–H groups in total. The standard InChI is InChI=1S/C18H18N4O2/c23-18(21-8-10-24-11-9-21)15-5-3-14(4-6-15)12-22-13-20-17-16(22)2-1-7-19-17/h1-7,13H,8-12H2. The molecule has 1 saturated heterocycles. The number of benzene rings is 1. The number of imidazole rings is 1. The maximum Gasteiger partial charge on any atom is 0.254 e. The Balaban J connectivity index is 1.50. The second-order valence-corrected chi connectivity index (χ2v) is 5.82. The van der Waals surface area contributed by atoms with Gasteiger partial charge in [0.25, 0.3) is 5.91 Å². The molecule has 0 spiro atoms. The summed E-state index contributed by atoms with van der Waals surface area (Å²) in [7, 11) is 0. The average molecular weight is 322 g/mol. The van der Waals surface area contributed by atoms with Gasteiger partial charge in [-0.3, -0.25) is 4.79 Å². The van der Waals surface area contributed by atoms with Crippen molar-refractivity contribution >= 4 is 17.1 Å². The second kappa shape index (κ2) is 6.41. The number of amides is 1. The lowest BCUT2D eigenvalue weighted by Gasteiger charge is -2.26. The molecule has 3 heterocycles. The Bertz CT molecular complexity index is 851. The Hall–Kier alpha value is -2.73. The van der Waals surface area contributed by atoms with Gasteiger partial charge in [-0.15, -0.1) is 0 Å². The number of carbonyl (C=O) groups is 1. The minimum atomic E-state index is 0.0714. The van der Waals surface area contributed by atoms with Crippen molar-refractivity contribution < 1.29 is 9.53 Å². The van der Waals surface area contributed by atoms with Crippen molar-refractivity contribution in [3.8, 4) is 0 Å². The summed E-state index contributed by atoms with van der Waals surface area (Å²) in [5, 5.41) is 0. The molecule has 3 aromatic rings. The van der Waals surface area contributed by atoms with E-state index in [2.05, 4.69) is 14.5 Å². The van der Waals surface area contributed by atoms with Crippen molar-refractivity contribution in [2.75, 3.05) is 26.3 Å². The number of rotatable bonds is 3. The van der Waals surface area contributed by atoms with Crippen molar-refractivity contribution in [2.24, 2.45) is 0 Å². The summed E-state index contributed by atoms with van der Waals surface area (Å²) in [6.45, 7) is 3.26. The molecule has 0 atom stereocenters. The first-order valence-electron chi connectivity index (χ1n) is 8.03. The fraction of sp³-hybridized carbons (Fsp3) is 0.278. The molecule has 0 bridgehead atoms. The van der Waals surface area contributed by atoms with Gasteiger partial charge >= 0.3 is 0 Å². The van der Waals surface area contributed by atoms with E-state index in [0.717, 1.165) is 22.3 Å². The number of hydrogen-bond acceptors (Lipinski definition) is 4. The van der Waals surface area contributed by atoms with Gasteiger partial charge in [-0.2, -0.15) is 0 Å². The summed E-state index contributed by atoms with van der Waals surface area (Å²) < 4.78 is 7.35. The van der Waals surface area contributed by atoms with Gasteiger partial charge in [0, 0.05) is 31.4 Å². The van der Waals surface area contributed by atoms with E-state index >= 15 is 0 Å². The maximum absolute atomic E-state index is 12.4. The molecule has 1 aliphatic heterocycles. The zero-order valence-electron chi connectivity index (χ0n) is 13.3. The molecule has 24 heavy (non-hydrogen) atoms. The molecule has 1 aromatic carbocycles. The summed E-state index contributed by atoms with van der Waals surface area (Å²) >= 11 is 0. The molecule has 1 amide bonds. The van der Waals surface area contributed by atoms with Crippen LogP contribution in [0.25, 0.3) is 11.2 Å². The van der Waals surface area contributed by atoms with Crippen molar-refractivity contribution in [2.45, 2.75) is 6.54 Å². The molecule has 0 aliphatic carbocycles. The SMILES string of the molecule is O=C(c1ccc(Cn2cnc3ncccc32)cc1)N1CCOCC1. The maximum atomic E-state index is 12.4. The molecule has 1 aliphatic rings. The number of ether oxygens (including phenoxy) is 1. The van der Waals surface area contributed by atoms with Crippen LogP contribution in [0, 0.1) is 0 Å². The highest BCUT2D eigenvalue weighted by atomic mass is 16.5. The van der Waals surface area contributed by atoms with Crippen LogP contribution in [0.4, 0.5) is 0 Å². The Kier molecular flexibility index (Phi) is 3.96. The van der Waals surface area contributed by atoms with Crippen LogP contribution in [0.2, 0.25) is 0 Å². The molecule has 6 heteroatoms. The van der Waals surface area contributed by atoms with E-state index in [9.17, 15) is 4.79 Å². The lowest BCUT2D eigenvalue weighted by atomic mass is 10.1. The van der Waals surface area contributed by atoms with E-state index in [1.54, 1.807) is 12.5 Å². The first-order valence-corrected chi connectivity index (χ1v) is 8.03. The fourth-order valence-electron chi connectivity index (χ4n) is 2.92. The molecule has 1 fully saturated rings. The van der Waals surface area contributed by atoms with Crippen LogP contribution in [-0.2, 0) is 11.3 Å². The Morgan fingerprint density at radius 2 is 1.88 bits per heavy atom. The molecule has 0 radical (unpaired) electrons. The van der Waals surface area contributed by atoms with Crippen molar-refractivity contribution in [3.63, 3.8) is 0 Å². The molecule has 6 nitrogen and oxygen atoms in total. The highest BCUT2D eigenvalue weighted by molar-refractivity contribution is 5.94. The highest BCUT2D eigenvalue weighted by Crippen LogP contribution is 2.14. The smallest absolute Gasteiger partial charge is 0.254 e. The number of nitrogens with zero attached hydrogens (tertiary/aromatic N) is 4. The van der Waals surface area contributed by atoms with E-state index in [1.165, 1.54) is 0 Å². The van der Waals surface area contributed by atoms with Gasteiger partial charge in [0.05, 0.1) is 25.1 Å².